The number of nitrogens with zero attached hydrogens (tertiary/aromatic N) is 1. The van der Waals surface area contributed by atoms with Crippen molar-refractivity contribution < 1.29 is 9.53 Å². The Morgan fingerprint density at radius 1 is 1.17 bits per heavy atom. The third-order valence-electron chi connectivity index (χ3n) is 4.71. The van der Waals surface area contributed by atoms with E-state index in [-0.39, 0.29) is 11.9 Å². The van der Waals surface area contributed by atoms with E-state index in [1.54, 1.807) is 0 Å². The van der Waals surface area contributed by atoms with Gasteiger partial charge in [0.2, 0.25) is 0 Å². The Labute approximate surface area is 111 Å². The van der Waals surface area contributed by atoms with E-state index in [0.29, 0.717) is 12.6 Å². The number of esters is 1. The van der Waals surface area contributed by atoms with Gasteiger partial charge in [0.05, 0.1) is 12.5 Å². The topological polar surface area (TPSA) is 29.5 Å². The van der Waals surface area contributed by atoms with Crippen LogP contribution in [-0.4, -0.2) is 37.1 Å². The van der Waals surface area contributed by atoms with Gasteiger partial charge >= 0.3 is 5.97 Å². The van der Waals surface area contributed by atoms with Crippen LogP contribution in [0.2, 0.25) is 0 Å². The van der Waals surface area contributed by atoms with Gasteiger partial charge in [-0.15, -0.1) is 0 Å². The second-order valence-corrected chi connectivity index (χ2v) is 5.99. The van der Waals surface area contributed by atoms with Crippen molar-refractivity contribution in [2.75, 3.05) is 20.2 Å². The third-order valence-corrected chi connectivity index (χ3v) is 4.71. The molecule has 2 rings (SSSR count). The Bertz CT molecular complexity index is 268. The maximum Gasteiger partial charge on any atom is 0.308 e. The van der Waals surface area contributed by atoms with E-state index in [0.717, 1.165) is 31.6 Å². The van der Waals surface area contributed by atoms with Gasteiger partial charge in [-0.2, -0.15) is 0 Å². The average Bonchev–Trinajstić information content (AvgIpc) is 2.34. The molecule has 0 bridgehead atoms. The summed E-state index contributed by atoms with van der Waals surface area (Å²) in [6.45, 7) is 3.66. The predicted molar refractivity (Wildman–Crippen MR) is 72.4 cm³/mol. The molecule has 0 aromatic heterocycles. The highest BCUT2D eigenvalue weighted by atomic mass is 16.5. The van der Waals surface area contributed by atoms with Gasteiger partial charge in [-0.05, 0) is 58.4 Å². The van der Waals surface area contributed by atoms with Crippen molar-refractivity contribution in [1.82, 2.24) is 4.90 Å². The predicted octanol–water partition coefficient (Wildman–Crippen LogP) is 2.84. The minimum absolute atomic E-state index is 0.0256. The average molecular weight is 253 g/mol. The fourth-order valence-electron chi connectivity index (χ4n) is 3.24. The molecule has 0 atom stereocenters. The molecule has 2 saturated carbocycles. The van der Waals surface area contributed by atoms with E-state index in [4.69, 9.17) is 4.74 Å². The molecular formula is C15H27NO2. The van der Waals surface area contributed by atoms with Crippen LogP contribution in [0.4, 0.5) is 0 Å². The lowest BCUT2D eigenvalue weighted by Crippen LogP contribution is -2.40. The van der Waals surface area contributed by atoms with Crippen molar-refractivity contribution in [3.63, 3.8) is 0 Å². The van der Waals surface area contributed by atoms with Crippen molar-refractivity contribution in [3.05, 3.63) is 0 Å². The van der Waals surface area contributed by atoms with E-state index in [1.807, 2.05) is 6.92 Å². The zero-order valence-corrected chi connectivity index (χ0v) is 11.9. The molecule has 0 aromatic rings. The van der Waals surface area contributed by atoms with Gasteiger partial charge in [-0.25, -0.2) is 0 Å². The molecule has 0 spiro atoms. The first kappa shape index (κ1) is 13.9. The molecule has 2 fully saturated rings. The van der Waals surface area contributed by atoms with Gasteiger partial charge in [0.25, 0.3) is 0 Å². The van der Waals surface area contributed by atoms with Crippen LogP contribution in [0, 0.1) is 11.8 Å². The fraction of sp³-hybridized carbons (Fsp3) is 0.933. The maximum atomic E-state index is 11.7. The van der Waals surface area contributed by atoms with E-state index in [2.05, 4.69) is 11.9 Å². The van der Waals surface area contributed by atoms with Gasteiger partial charge in [0.1, 0.15) is 0 Å². The van der Waals surface area contributed by atoms with Crippen molar-refractivity contribution in [3.8, 4) is 0 Å². The second-order valence-electron chi connectivity index (χ2n) is 5.99. The zero-order valence-electron chi connectivity index (χ0n) is 11.9. The van der Waals surface area contributed by atoms with Crippen LogP contribution in [0.25, 0.3) is 0 Å². The van der Waals surface area contributed by atoms with Crippen LogP contribution < -0.4 is 0 Å². The summed E-state index contributed by atoms with van der Waals surface area (Å²) in [6.07, 6.45) is 8.61. The van der Waals surface area contributed by atoms with E-state index in [1.165, 1.54) is 25.8 Å². The number of carbonyl (C=O) groups is 1. The molecule has 0 aromatic carbocycles. The first-order valence-electron chi connectivity index (χ1n) is 7.57. The van der Waals surface area contributed by atoms with Crippen molar-refractivity contribution in [1.29, 1.82) is 0 Å². The zero-order chi connectivity index (χ0) is 13.0. The molecule has 3 heteroatoms. The van der Waals surface area contributed by atoms with Crippen molar-refractivity contribution in [2.45, 2.75) is 57.9 Å². The lowest BCUT2D eigenvalue weighted by atomic mass is 9.82. The van der Waals surface area contributed by atoms with Crippen molar-refractivity contribution >= 4 is 5.97 Å². The molecule has 2 aliphatic carbocycles. The minimum atomic E-state index is 0.0256. The Balaban J connectivity index is 1.70. The lowest BCUT2D eigenvalue weighted by Gasteiger charge is -2.37. The summed E-state index contributed by atoms with van der Waals surface area (Å²) in [4.78, 5) is 14.2. The summed E-state index contributed by atoms with van der Waals surface area (Å²) in [5.74, 6) is 1.13. The van der Waals surface area contributed by atoms with Gasteiger partial charge in [0, 0.05) is 12.6 Å². The molecule has 0 radical (unpaired) electrons. The summed E-state index contributed by atoms with van der Waals surface area (Å²) in [7, 11) is 2.26. The van der Waals surface area contributed by atoms with Gasteiger partial charge in [-0.3, -0.25) is 4.79 Å². The second kappa shape index (κ2) is 6.55. The molecule has 104 valence electrons. The molecule has 0 heterocycles. The van der Waals surface area contributed by atoms with E-state index >= 15 is 0 Å². The van der Waals surface area contributed by atoms with E-state index < -0.39 is 0 Å². The van der Waals surface area contributed by atoms with Crippen molar-refractivity contribution in [2.24, 2.45) is 11.8 Å². The summed E-state index contributed by atoms with van der Waals surface area (Å²) >= 11 is 0. The van der Waals surface area contributed by atoms with Gasteiger partial charge in [-0.1, -0.05) is 6.42 Å². The van der Waals surface area contributed by atoms with Crippen LogP contribution >= 0.6 is 0 Å². The normalized spacial score (nSPS) is 29.1. The quantitative estimate of drug-likeness (QED) is 0.706. The molecule has 0 amide bonds. The summed E-state index contributed by atoms with van der Waals surface area (Å²) < 4.78 is 5.12. The number of ether oxygens (including phenoxy) is 1. The maximum absolute atomic E-state index is 11.7. The highest BCUT2D eigenvalue weighted by molar-refractivity contribution is 5.72. The standard InChI is InChI=1S/C15H27NO2/c1-3-18-15(17)13-7-9-14(10-8-13)16(2)11-12-5-4-6-12/h12-14H,3-11H2,1-2H3. The van der Waals surface area contributed by atoms with Crippen LogP contribution in [-0.2, 0) is 9.53 Å². The Kier molecular flexibility index (Phi) is 5.04. The molecule has 18 heavy (non-hydrogen) atoms. The van der Waals surface area contributed by atoms with Crippen LogP contribution in [0.15, 0.2) is 0 Å². The Morgan fingerprint density at radius 3 is 2.33 bits per heavy atom. The summed E-state index contributed by atoms with van der Waals surface area (Å²) in [6, 6.07) is 0.691. The summed E-state index contributed by atoms with van der Waals surface area (Å²) in [5, 5.41) is 0. The smallest absolute Gasteiger partial charge is 0.308 e. The highest BCUT2D eigenvalue weighted by Gasteiger charge is 2.30. The monoisotopic (exact) mass is 253 g/mol. The highest BCUT2D eigenvalue weighted by Crippen LogP contribution is 2.31. The van der Waals surface area contributed by atoms with Crippen LogP contribution in [0.1, 0.15) is 51.9 Å². The first-order chi connectivity index (χ1) is 8.70. The molecule has 0 aliphatic heterocycles. The van der Waals surface area contributed by atoms with Crippen LogP contribution in [0.5, 0.6) is 0 Å². The fourth-order valence-corrected chi connectivity index (χ4v) is 3.24. The van der Waals surface area contributed by atoms with E-state index in [9.17, 15) is 4.79 Å². The molecule has 0 saturated heterocycles. The minimum Gasteiger partial charge on any atom is -0.466 e. The third kappa shape index (κ3) is 3.47. The molecule has 3 nitrogen and oxygen atoms in total. The number of hydrogen-bond donors (Lipinski definition) is 0. The molecule has 0 N–H and O–H groups in total. The van der Waals surface area contributed by atoms with Gasteiger partial charge in [0.15, 0.2) is 0 Å². The lowest BCUT2D eigenvalue weighted by molar-refractivity contribution is -0.149. The molecule has 2 aliphatic rings. The first-order valence-corrected chi connectivity index (χ1v) is 7.57. The SMILES string of the molecule is CCOC(=O)C1CCC(N(C)CC2CCC2)CC1. The largest absolute Gasteiger partial charge is 0.466 e. The number of rotatable bonds is 5. The molecular weight excluding hydrogens is 226 g/mol. The number of carbonyl (C=O) groups excluding carboxylic acids is 1. The molecule has 0 unspecified atom stereocenters. The van der Waals surface area contributed by atoms with Gasteiger partial charge < -0.3 is 9.64 Å². The summed E-state index contributed by atoms with van der Waals surface area (Å²) in [5.41, 5.74) is 0. The number of hydrogen-bond acceptors (Lipinski definition) is 3. The Morgan fingerprint density at radius 2 is 1.83 bits per heavy atom. The Hall–Kier alpha value is -0.570. The van der Waals surface area contributed by atoms with Crippen LogP contribution in [0.3, 0.4) is 0 Å².